The van der Waals surface area contributed by atoms with Crippen molar-refractivity contribution in [1.82, 2.24) is 0 Å². The minimum Gasteiger partial charge on any atom is -0.480 e. The fourth-order valence-corrected chi connectivity index (χ4v) is 3.89. The van der Waals surface area contributed by atoms with Crippen molar-refractivity contribution in [2.45, 2.75) is 71.4 Å². The molecule has 0 saturated carbocycles. The Bertz CT molecular complexity index is 1170. The Morgan fingerprint density at radius 1 is 0.786 bits per heavy atom. The van der Waals surface area contributed by atoms with Gasteiger partial charge in [0.05, 0.1) is 13.2 Å². The molecule has 0 aliphatic rings. The van der Waals surface area contributed by atoms with Crippen LogP contribution in [0.5, 0.6) is 17.2 Å². The van der Waals surface area contributed by atoms with Crippen LogP contribution >= 0.6 is 0 Å². The van der Waals surface area contributed by atoms with Crippen LogP contribution < -0.4 is 19.9 Å². The number of unbranched alkanes of at least 4 members (excludes halogenated alkanes) is 2. The van der Waals surface area contributed by atoms with Gasteiger partial charge >= 0.3 is 24.4 Å². The molecular weight excluding hydrogens is 550 g/mol. The number of benzene rings is 2. The van der Waals surface area contributed by atoms with Crippen LogP contribution in [0.2, 0.25) is 0 Å². The van der Waals surface area contributed by atoms with E-state index in [1.54, 1.807) is 44.2 Å². The number of carboxylic acids is 1. The van der Waals surface area contributed by atoms with E-state index >= 15 is 0 Å². The van der Waals surface area contributed by atoms with E-state index in [4.69, 9.17) is 34.2 Å². The average Bonchev–Trinajstić information content (AvgIpc) is 2.95. The summed E-state index contributed by atoms with van der Waals surface area (Å²) in [6.07, 6.45) is -1.06. The Balaban J connectivity index is 2.35. The number of carboxylic acid groups (broad SMARTS) is 1. The van der Waals surface area contributed by atoms with E-state index < -0.39 is 48.4 Å². The predicted octanol–water partition coefficient (Wildman–Crippen LogP) is 6.05. The first-order valence-corrected chi connectivity index (χ1v) is 13.8. The molecule has 42 heavy (non-hydrogen) atoms. The van der Waals surface area contributed by atoms with Gasteiger partial charge in [0, 0.05) is 11.8 Å². The number of rotatable bonds is 15. The van der Waals surface area contributed by atoms with Crippen LogP contribution in [-0.2, 0) is 19.0 Å². The summed E-state index contributed by atoms with van der Waals surface area (Å²) < 4.78 is 31.3. The molecule has 0 amide bonds. The van der Waals surface area contributed by atoms with Crippen molar-refractivity contribution >= 4 is 24.4 Å². The molecule has 3 unspecified atom stereocenters. The number of aliphatic carboxylic acids is 1. The predicted molar refractivity (Wildman–Crippen MR) is 151 cm³/mol. The molecule has 12 heteroatoms. The Hall–Kier alpha value is -4.32. The molecule has 2 rings (SSSR count). The highest BCUT2D eigenvalue weighted by Gasteiger charge is 2.36. The van der Waals surface area contributed by atoms with Crippen LogP contribution in [0.1, 0.15) is 64.9 Å². The minimum atomic E-state index is -1.45. The quantitative estimate of drug-likeness (QED) is 0.107. The van der Waals surface area contributed by atoms with E-state index in [0.717, 1.165) is 12.8 Å². The fourth-order valence-electron chi connectivity index (χ4n) is 3.89. The highest BCUT2D eigenvalue weighted by atomic mass is 16.7. The number of ether oxygens (including phenoxy) is 6. The lowest BCUT2D eigenvalue weighted by molar-refractivity contribution is -0.139. The summed E-state index contributed by atoms with van der Waals surface area (Å²) in [7, 11) is 0. The second kappa shape index (κ2) is 17.5. The van der Waals surface area contributed by atoms with Crippen LogP contribution in [-0.4, -0.2) is 54.9 Å². The lowest BCUT2D eigenvalue weighted by Gasteiger charge is -2.31. The normalized spacial score (nSPS) is 13.5. The van der Waals surface area contributed by atoms with E-state index in [0.29, 0.717) is 18.4 Å². The summed E-state index contributed by atoms with van der Waals surface area (Å²) in [5.74, 6) is -3.03. The van der Waals surface area contributed by atoms with Gasteiger partial charge in [-0.25, -0.2) is 14.4 Å². The van der Waals surface area contributed by atoms with Crippen molar-refractivity contribution in [2.24, 2.45) is 11.7 Å². The summed E-state index contributed by atoms with van der Waals surface area (Å²) in [5.41, 5.74) is 6.41. The van der Waals surface area contributed by atoms with Crippen LogP contribution in [0, 0.1) is 5.92 Å². The van der Waals surface area contributed by atoms with E-state index in [9.17, 15) is 24.3 Å². The van der Waals surface area contributed by atoms with Crippen LogP contribution in [0.15, 0.2) is 48.5 Å². The Kier molecular flexibility index (Phi) is 14.1. The maximum absolute atomic E-state index is 12.4. The third kappa shape index (κ3) is 10.9. The maximum Gasteiger partial charge on any atom is 0.514 e. The molecule has 0 heterocycles. The minimum absolute atomic E-state index is 0.113. The standard InChI is InChI=1S/C30H39NO11/c1-5-7-16-37-28(34)41-23-15-14-21(18-24(23)42-29(35)38-17-8-6-2)25(26(31)27(32)33)19(3)20(4)39-30(36)40-22-12-10-9-11-13-22/h9-15,18-20,25-26H,5-8,16-17,31H2,1-4H3,(H,32,33)/t19?,20?,25?,26-/m0/s1. The average molecular weight is 590 g/mol. The second-order valence-corrected chi connectivity index (χ2v) is 9.55. The highest BCUT2D eigenvalue weighted by molar-refractivity contribution is 5.75. The van der Waals surface area contributed by atoms with Gasteiger partial charge in [-0.3, -0.25) is 4.79 Å². The second-order valence-electron chi connectivity index (χ2n) is 9.55. The first-order chi connectivity index (χ1) is 20.1. The smallest absolute Gasteiger partial charge is 0.480 e. The van der Waals surface area contributed by atoms with Crippen LogP contribution in [0.25, 0.3) is 0 Å². The SMILES string of the molecule is CCCCOC(=O)Oc1ccc(C(C(C)C(C)OC(=O)Oc2ccccc2)[C@H](N)C(=O)O)cc1OC(=O)OCCCC. The molecule has 0 bridgehead atoms. The molecule has 2 aromatic carbocycles. The van der Waals surface area contributed by atoms with Gasteiger partial charge < -0.3 is 39.3 Å². The summed E-state index contributed by atoms with van der Waals surface area (Å²) in [5, 5.41) is 9.78. The molecule has 0 fully saturated rings. The summed E-state index contributed by atoms with van der Waals surface area (Å²) in [6, 6.07) is 11.0. The van der Waals surface area contributed by atoms with Crippen molar-refractivity contribution in [3.63, 3.8) is 0 Å². The monoisotopic (exact) mass is 589 g/mol. The van der Waals surface area contributed by atoms with Crippen LogP contribution in [0.3, 0.4) is 0 Å². The van der Waals surface area contributed by atoms with E-state index in [-0.39, 0.29) is 30.5 Å². The summed E-state index contributed by atoms with van der Waals surface area (Å²) in [6.45, 7) is 7.34. The maximum atomic E-state index is 12.4. The largest absolute Gasteiger partial charge is 0.514 e. The number of para-hydroxylation sites is 1. The highest BCUT2D eigenvalue weighted by Crippen LogP contribution is 2.37. The molecule has 0 aliphatic heterocycles. The number of hydrogen-bond acceptors (Lipinski definition) is 11. The van der Waals surface area contributed by atoms with Crippen molar-refractivity contribution in [2.75, 3.05) is 13.2 Å². The number of carbonyl (C=O) groups is 4. The molecular formula is C30H39NO11. The first kappa shape index (κ1) is 33.9. The van der Waals surface area contributed by atoms with Gasteiger partial charge in [0.25, 0.3) is 0 Å². The Morgan fingerprint density at radius 2 is 1.36 bits per heavy atom. The zero-order chi connectivity index (χ0) is 31.1. The van der Waals surface area contributed by atoms with Crippen molar-refractivity contribution in [1.29, 1.82) is 0 Å². The third-order valence-electron chi connectivity index (χ3n) is 6.38. The molecule has 0 radical (unpaired) electrons. The van der Waals surface area contributed by atoms with Gasteiger partial charge in [-0.1, -0.05) is 57.9 Å². The topological polar surface area (TPSA) is 170 Å². The molecule has 230 valence electrons. The Morgan fingerprint density at radius 3 is 1.90 bits per heavy atom. The molecule has 0 saturated heterocycles. The molecule has 4 atom stereocenters. The van der Waals surface area contributed by atoms with E-state index in [1.807, 2.05) is 13.8 Å². The van der Waals surface area contributed by atoms with Gasteiger partial charge in [0.1, 0.15) is 17.9 Å². The lowest BCUT2D eigenvalue weighted by atomic mass is 9.79. The van der Waals surface area contributed by atoms with Crippen molar-refractivity contribution < 1.29 is 52.7 Å². The number of nitrogens with two attached hydrogens (primary N) is 1. The Labute approximate surface area is 245 Å². The summed E-state index contributed by atoms with van der Waals surface area (Å²) >= 11 is 0. The summed E-state index contributed by atoms with van der Waals surface area (Å²) in [4.78, 5) is 49.0. The van der Waals surface area contributed by atoms with Gasteiger partial charge in [-0.15, -0.1) is 0 Å². The molecule has 3 N–H and O–H groups in total. The van der Waals surface area contributed by atoms with E-state index in [2.05, 4.69) is 0 Å². The first-order valence-electron chi connectivity index (χ1n) is 13.8. The zero-order valence-corrected chi connectivity index (χ0v) is 24.3. The molecule has 2 aromatic rings. The number of hydrogen-bond donors (Lipinski definition) is 2. The van der Waals surface area contributed by atoms with Gasteiger partial charge in [-0.2, -0.15) is 0 Å². The van der Waals surface area contributed by atoms with Gasteiger partial charge in [0.2, 0.25) is 0 Å². The zero-order valence-electron chi connectivity index (χ0n) is 24.3. The lowest BCUT2D eigenvalue weighted by Crippen LogP contribution is -2.43. The fraction of sp³-hybridized carbons (Fsp3) is 0.467. The van der Waals surface area contributed by atoms with Crippen LogP contribution in [0.4, 0.5) is 14.4 Å². The third-order valence-corrected chi connectivity index (χ3v) is 6.38. The molecule has 0 aromatic heterocycles. The van der Waals surface area contributed by atoms with Gasteiger partial charge in [-0.05, 0) is 49.6 Å². The molecule has 0 aliphatic carbocycles. The molecule has 12 nitrogen and oxygen atoms in total. The van der Waals surface area contributed by atoms with Crippen molar-refractivity contribution in [3.8, 4) is 17.2 Å². The van der Waals surface area contributed by atoms with E-state index in [1.165, 1.54) is 18.2 Å². The number of carbonyl (C=O) groups excluding carboxylic acids is 3. The van der Waals surface area contributed by atoms with Crippen molar-refractivity contribution in [3.05, 3.63) is 54.1 Å². The molecule has 0 spiro atoms. The van der Waals surface area contributed by atoms with Gasteiger partial charge in [0.15, 0.2) is 11.5 Å².